The number of nitrogens with one attached hydrogen (secondary N) is 4. The topological polar surface area (TPSA) is 123 Å². The number of anilines is 5. The number of benzene rings is 2. The monoisotopic (exact) mass is 445 g/mol. The zero-order valence-corrected chi connectivity index (χ0v) is 17.2. The third-order valence-electron chi connectivity index (χ3n) is 4.31. The molecule has 0 fully saturated rings. The first-order chi connectivity index (χ1) is 14.6. The van der Waals surface area contributed by atoms with Crippen molar-refractivity contribution in [3.63, 3.8) is 0 Å². The zero-order valence-electron chi connectivity index (χ0n) is 15.6. The molecule has 1 atom stereocenters. The first kappa shape index (κ1) is 20.4. The number of fused-ring (bicyclic) bond motifs is 1. The van der Waals surface area contributed by atoms with Gasteiger partial charge in [-0.15, -0.1) is 0 Å². The van der Waals surface area contributed by atoms with Crippen LogP contribution in [-0.2, 0) is 17.8 Å². The highest BCUT2D eigenvalue weighted by Crippen LogP contribution is 2.32. The maximum Gasteiger partial charge on any atom is 0.229 e. The normalized spacial score (nSPS) is 13.5. The van der Waals surface area contributed by atoms with Gasteiger partial charge in [0, 0.05) is 35.7 Å². The summed E-state index contributed by atoms with van der Waals surface area (Å²) in [4.78, 5) is 8.68. The third-order valence-corrected chi connectivity index (χ3v) is 4.96. The van der Waals surface area contributed by atoms with Crippen LogP contribution in [0.25, 0.3) is 0 Å². The maximum atomic E-state index is 10.8. The van der Waals surface area contributed by atoms with Gasteiger partial charge in [0.05, 0.1) is 11.9 Å². The van der Waals surface area contributed by atoms with Crippen molar-refractivity contribution in [1.82, 2.24) is 14.7 Å². The summed E-state index contributed by atoms with van der Waals surface area (Å²) >= 11 is 3.91. The van der Waals surface area contributed by atoms with Crippen LogP contribution in [0.2, 0.25) is 5.02 Å². The predicted molar refractivity (Wildman–Crippen MR) is 116 cm³/mol. The lowest BCUT2D eigenvalue weighted by Crippen LogP contribution is -2.18. The highest BCUT2D eigenvalue weighted by Gasteiger charge is 2.12. The van der Waals surface area contributed by atoms with Crippen molar-refractivity contribution in [2.24, 2.45) is 0 Å². The summed E-state index contributed by atoms with van der Waals surface area (Å²) in [6.45, 7) is 1.52. The lowest BCUT2D eigenvalue weighted by Gasteiger charge is -2.20. The van der Waals surface area contributed by atoms with Crippen molar-refractivity contribution in [3.8, 4) is 5.75 Å². The van der Waals surface area contributed by atoms with Crippen LogP contribution in [0.1, 0.15) is 5.56 Å². The number of para-hydroxylation sites is 1. The van der Waals surface area contributed by atoms with E-state index in [9.17, 15) is 8.76 Å². The first-order valence-corrected chi connectivity index (χ1v) is 10.5. The molecule has 2 heterocycles. The molecule has 1 unspecified atom stereocenters. The molecular formula is C19H18ClN6O3S-. The van der Waals surface area contributed by atoms with Crippen LogP contribution in [0.5, 0.6) is 5.75 Å². The summed E-state index contributed by atoms with van der Waals surface area (Å²) in [5, 5.41) is 9.90. The van der Waals surface area contributed by atoms with E-state index in [0.717, 1.165) is 29.2 Å². The average Bonchev–Trinajstić information content (AvgIpc) is 2.75. The second kappa shape index (κ2) is 9.26. The van der Waals surface area contributed by atoms with Crippen molar-refractivity contribution in [1.29, 1.82) is 0 Å². The van der Waals surface area contributed by atoms with Crippen LogP contribution in [0.4, 0.5) is 28.8 Å². The van der Waals surface area contributed by atoms with E-state index in [2.05, 4.69) is 30.6 Å². The SMILES string of the molecule is O=S([O-])NCc1ccccc1Nc1nc(Nc2ccc3c(c2)NCCO3)ncc1Cl. The molecule has 11 heteroatoms. The molecule has 4 rings (SSSR count). The van der Waals surface area contributed by atoms with Gasteiger partial charge in [-0.25, -0.2) is 9.71 Å². The van der Waals surface area contributed by atoms with Gasteiger partial charge in [0.1, 0.15) is 17.4 Å². The van der Waals surface area contributed by atoms with Gasteiger partial charge < -0.3 is 25.2 Å². The summed E-state index contributed by atoms with van der Waals surface area (Å²) in [6.07, 6.45) is 1.49. The number of nitrogens with zero attached hydrogens (tertiary/aromatic N) is 2. The first-order valence-electron chi connectivity index (χ1n) is 9.06. The molecule has 0 radical (unpaired) electrons. The summed E-state index contributed by atoms with van der Waals surface area (Å²) in [7, 11) is 0. The van der Waals surface area contributed by atoms with Gasteiger partial charge in [-0.05, 0) is 29.8 Å². The largest absolute Gasteiger partial charge is 0.760 e. The molecule has 0 aliphatic carbocycles. The second-order valence-electron chi connectivity index (χ2n) is 6.34. The zero-order chi connectivity index (χ0) is 20.9. The van der Waals surface area contributed by atoms with E-state index < -0.39 is 11.3 Å². The van der Waals surface area contributed by atoms with Crippen molar-refractivity contribution in [2.45, 2.75) is 6.54 Å². The average molecular weight is 446 g/mol. The Morgan fingerprint density at radius 3 is 2.97 bits per heavy atom. The van der Waals surface area contributed by atoms with Crippen LogP contribution >= 0.6 is 11.6 Å². The smallest absolute Gasteiger partial charge is 0.229 e. The molecule has 0 bridgehead atoms. The number of hydrogen-bond donors (Lipinski definition) is 4. The third kappa shape index (κ3) is 4.97. The summed E-state index contributed by atoms with van der Waals surface area (Å²) < 4.78 is 29.6. The lowest BCUT2D eigenvalue weighted by molar-refractivity contribution is 0.323. The van der Waals surface area contributed by atoms with Gasteiger partial charge in [-0.3, -0.25) is 4.21 Å². The lowest BCUT2D eigenvalue weighted by atomic mass is 10.2. The van der Waals surface area contributed by atoms with Gasteiger partial charge in [0.2, 0.25) is 5.95 Å². The molecule has 156 valence electrons. The minimum Gasteiger partial charge on any atom is -0.760 e. The molecule has 30 heavy (non-hydrogen) atoms. The number of aromatic nitrogens is 2. The van der Waals surface area contributed by atoms with E-state index in [1.54, 1.807) is 6.07 Å². The molecule has 9 nitrogen and oxygen atoms in total. The van der Waals surface area contributed by atoms with Crippen LogP contribution < -0.4 is 25.4 Å². The van der Waals surface area contributed by atoms with Crippen LogP contribution in [0, 0.1) is 0 Å². The number of rotatable bonds is 7. The molecule has 4 N–H and O–H groups in total. The minimum atomic E-state index is -2.36. The van der Waals surface area contributed by atoms with Gasteiger partial charge >= 0.3 is 0 Å². The van der Waals surface area contributed by atoms with Gasteiger partial charge in [-0.2, -0.15) is 4.98 Å². The van der Waals surface area contributed by atoms with Gasteiger partial charge in [-0.1, -0.05) is 29.8 Å². The molecule has 1 aromatic heterocycles. The molecule has 0 amide bonds. The number of hydrogen-bond acceptors (Lipinski definition) is 8. The fourth-order valence-corrected chi connectivity index (χ4v) is 3.33. The predicted octanol–water partition coefficient (Wildman–Crippen LogP) is 3.31. The number of halogens is 1. The van der Waals surface area contributed by atoms with Gasteiger partial charge in [0.15, 0.2) is 5.82 Å². The highest BCUT2D eigenvalue weighted by atomic mass is 35.5. The molecule has 0 spiro atoms. The Balaban J connectivity index is 1.54. The minimum absolute atomic E-state index is 0.136. The Labute approximate surface area is 180 Å². The Kier molecular flexibility index (Phi) is 6.29. The van der Waals surface area contributed by atoms with E-state index in [0.29, 0.717) is 29.1 Å². The number of ether oxygens (including phenoxy) is 1. The van der Waals surface area contributed by atoms with Crippen molar-refractivity contribution in [2.75, 3.05) is 29.1 Å². The molecule has 1 aliphatic rings. The Morgan fingerprint density at radius 1 is 1.23 bits per heavy atom. The van der Waals surface area contributed by atoms with Crippen molar-refractivity contribution in [3.05, 3.63) is 59.2 Å². The molecule has 3 aromatic rings. The van der Waals surface area contributed by atoms with Crippen molar-refractivity contribution < 1.29 is 13.5 Å². The molecule has 1 aliphatic heterocycles. The molecule has 2 aromatic carbocycles. The fraction of sp³-hybridized carbons (Fsp3) is 0.158. The molecular weight excluding hydrogens is 428 g/mol. The van der Waals surface area contributed by atoms with E-state index in [4.69, 9.17) is 16.3 Å². The van der Waals surface area contributed by atoms with E-state index in [-0.39, 0.29) is 6.54 Å². The van der Waals surface area contributed by atoms with E-state index >= 15 is 0 Å². The van der Waals surface area contributed by atoms with Crippen LogP contribution in [0.15, 0.2) is 48.7 Å². The Hall–Kier alpha value is -2.92. The second-order valence-corrected chi connectivity index (χ2v) is 7.50. The Bertz CT molecular complexity index is 1080. The van der Waals surface area contributed by atoms with E-state index in [1.807, 2.05) is 36.4 Å². The fourth-order valence-electron chi connectivity index (χ4n) is 2.92. The molecule has 0 saturated carbocycles. The standard InChI is InChI=1S/C19H19ClN6O3S/c20-14-11-22-19(24-13-5-6-17-16(9-13)21-7-8-29-17)26-18(14)25-15-4-2-1-3-12(15)10-23-30(27)28/h1-6,9,11,21,23H,7-8,10H2,(H,27,28)(H2,22,24,25,26)/p-1. The van der Waals surface area contributed by atoms with Crippen LogP contribution in [-0.4, -0.2) is 31.9 Å². The van der Waals surface area contributed by atoms with Crippen LogP contribution in [0.3, 0.4) is 0 Å². The summed E-state index contributed by atoms with van der Waals surface area (Å²) in [6, 6.07) is 12.9. The van der Waals surface area contributed by atoms with E-state index in [1.165, 1.54) is 6.20 Å². The molecule has 0 saturated heterocycles. The summed E-state index contributed by atoms with van der Waals surface area (Å²) in [5.74, 6) is 1.55. The summed E-state index contributed by atoms with van der Waals surface area (Å²) in [5.41, 5.74) is 3.11. The van der Waals surface area contributed by atoms with Gasteiger partial charge in [0.25, 0.3) is 0 Å². The maximum absolute atomic E-state index is 10.8. The van der Waals surface area contributed by atoms with Crippen molar-refractivity contribution >= 4 is 51.7 Å². The Morgan fingerprint density at radius 2 is 2.10 bits per heavy atom. The quantitative estimate of drug-likeness (QED) is 0.408. The highest BCUT2D eigenvalue weighted by molar-refractivity contribution is 7.77.